The summed E-state index contributed by atoms with van der Waals surface area (Å²) in [7, 11) is 1.72. The summed E-state index contributed by atoms with van der Waals surface area (Å²) in [6, 6.07) is 9.68. The highest BCUT2D eigenvalue weighted by Gasteiger charge is 2.19. The van der Waals surface area contributed by atoms with Crippen molar-refractivity contribution in [1.82, 2.24) is 25.1 Å². The first kappa shape index (κ1) is 17.3. The topological polar surface area (TPSA) is 73.1 Å². The Balaban J connectivity index is 1.88. The van der Waals surface area contributed by atoms with Gasteiger partial charge in [0.25, 0.3) is 0 Å². The lowest BCUT2D eigenvalue weighted by atomic mass is 10.2. The summed E-state index contributed by atoms with van der Waals surface area (Å²) in [6.07, 6.45) is -0.333. The predicted molar refractivity (Wildman–Crippen MR) is 88.7 cm³/mol. The molecule has 1 amide bonds. The average Bonchev–Trinajstić information content (AvgIpc) is 2.94. The number of hydrogen-bond acceptors (Lipinski definition) is 6. The number of tetrazole rings is 1. The lowest BCUT2D eigenvalue weighted by Gasteiger charge is -2.24. The molecule has 8 heteroatoms. The second kappa shape index (κ2) is 7.45. The number of rotatable bonds is 5. The van der Waals surface area contributed by atoms with Crippen molar-refractivity contribution in [2.45, 2.75) is 31.5 Å². The van der Waals surface area contributed by atoms with E-state index in [1.54, 1.807) is 16.6 Å². The van der Waals surface area contributed by atoms with Crippen LogP contribution in [0.3, 0.4) is 0 Å². The molecule has 0 radical (unpaired) electrons. The number of thioether (sulfide) groups is 1. The van der Waals surface area contributed by atoms with Gasteiger partial charge in [0.2, 0.25) is 5.16 Å². The molecular weight excluding hydrogens is 314 g/mol. The van der Waals surface area contributed by atoms with Crippen molar-refractivity contribution >= 4 is 17.9 Å². The van der Waals surface area contributed by atoms with E-state index in [0.29, 0.717) is 17.5 Å². The van der Waals surface area contributed by atoms with E-state index >= 15 is 0 Å². The SMILES string of the molecule is CN(CCSc1nnnn1-c1ccccc1)C(=O)OC(C)(C)C. The molecule has 1 aromatic heterocycles. The van der Waals surface area contributed by atoms with Crippen LogP contribution in [-0.4, -0.2) is 56.1 Å². The molecule has 2 rings (SSSR count). The van der Waals surface area contributed by atoms with Gasteiger partial charge in [-0.25, -0.2) is 4.79 Å². The van der Waals surface area contributed by atoms with Gasteiger partial charge in [0, 0.05) is 19.3 Å². The molecule has 0 spiro atoms. The zero-order chi connectivity index (χ0) is 16.9. The Morgan fingerprint density at radius 1 is 1.30 bits per heavy atom. The number of hydrogen-bond donors (Lipinski definition) is 0. The fraction of sp³-hybridized carbons (Fsp3) is 0.467. The molecule has 2 aromatic rings. The van der Waals surface area contributed by atoms with Crippen molar-refractivity contribution in [1.29, 1.82) is 0 Å². The summed E-state index contributed by atoms with van der Waals surface area (Å²) in [6.45, 7) is 6.09. The van der Waals surface area contributed by atoms with Crippen molar-refractivity contribution in [2.75, 3.05) is 19.3 Å². The first-order valence-corrected chi connectivity index (χ1v) is 8.26. The van der Waals surface area contributed by atoms with Crippen LogP contribution in [0.5, 0.6) is 0 Å². The molecule has 0 atom stereocenters. The minimum absolute atomic E-state index is 0.333. The number of carbonyl (C=O) groups excluding carboxylic acids is 1. The minimum atomic E-state index is -0.490. The van der Waals surface area contributed by atoms with Gasteiger partial charge in [0.15, 0.2) is 0 Å². The van der Waals surface area contributed by atoms with E-state index < -0.39 is 5.60 Å². The van der Waals surface area contributed by atoms with Gasteiger partial charge in [-0.1, -0.05) is 30.0 Å². The van der Waals surface area contributed by atoms with E-state index in [-0.39, 0.29) is 6.09 Å². The number of para-hydroxylation sites is 1. The molecule has 0 aliphatic carbocycles. The van der Waals surface area contributed by atoms with E-state index in [2.05, 4.69) is 15.5 Å². The van der Waals surface area contributed by atoms with Gasteiger partial charge in [0.1, 0.15) is 5.60 Å². The van der Waals surface area contributed by atoms with Crippen LogP contribution in [0, 0.1) is 0 Å². The number of carbonyl (C=O) groups is 1. The van der Waals surface area contributed by atoms with Crippen LogP contribution in [0.2, 0.25) is 0 Å². The molecule has 0 bridgehead atoms. The van der Waals surface area contributed by atoms with Crippen LogP contribution >= 0.6 is 11.8 Å². The van der Waals surface area contributed by atoms with Crippen molar-refractivity contribution in [3.8, 4) is 5.69 Å². The van der Waals surface area contributed by atoms with Gasteiger partial charge in [-0.3, -0.25) is 0 Å². The molecule has 1 heterocycles. The van der Waals surface area contributed by atoms with Crippen molar-refractivity contribution in [3.63, 3.8) is 0 Å². The second-order valence-electron chi connectivity index (χ2n) is 5.96. The van der Waals surface area contributed by atoms with Crippen molar-refractivity contribution < 1.29 is 9.53 Å². The third-order valence-electron chi connectivity index (χ3n) is 2.80. The largest absolute Gasteiger partial charge is 0.444 e. The number of ether oxygens (including phenoxy) is 1. The summed E-state index contributed by atoms with van der Waals surface area (Å²) in [5.41, 5.74) is 0.413. The fourth-order valence-corrected chi connectivity index (χ4v) is 2.61. The fourth-order valence-electron chi connectivity index (χ4n) is 1.71. The molecule has 0 N–H and O–H groups in total. The van der Waals surface area contributed by atoms with Gasteiger partial charge in [0.05, 0.1) is 5.69 Å². The maximum Gasteiger partial charge on any atom is 0.410 e. The highest BCUT2D eigenvalue weighted by Crippen LogP contribution is 2.18. The highest BCUT2D eigenvalue weighted by molar-refractivity contribution is 7.99. The number of amides is 1. The van der Waals surface area contributed by atoms with E-state index in [9.17, 15) is 4.79 Å². The van der Waals surface area contributed by atoms with Crippen LogP contribution in [0.1, 0.15) is 20.8 Å². The minimum Gasteiger partial charge on any atom is -0.444 e. The Bertz CT molecular complexity index is 639. The first-order chi connectivity index (χ1) is 10.9. The second-order valence-corrected chi connectivity index (χ2v) is 7.02. The third kappa shape index (κ3) is 5.24. The van der Waals surface area contributed by atoms with Gasteiger partial charge < -0.3 is 9.64 Å². The molecule has 7 nitrogen and oxygen atoms in total. The standard InChI is InChI=1S/C15H21N5O2S/c1-15(2,3)22-14(21)19(4)10-11-23-13-16-17-18-20(13)12-8-6-5-7-9-12/h5-9H,10-11H2,1-4H3. The zero-order valence-corrected chi connectivity index (χ0v) is 14.6. The van der Waals surface area contributed by atoms with Crippen LogP contribution in [0.4, 0.5) is 4.79 Å². The van der Waals surface area contributed by atoms with Crippen LogP contribution in [0.15, 0.2) is 35.5 Å². The van der Waals surface area contributed by atoms with Crippen LogP contribution in [-0.2, 0) is 4.74 Å². The number of benzene rings is 1. The molecule has 0 unspecified atom stereocenters. The number of nitrogens with zero attached hydrogens (tertiary/aromatic N) is 5. The normalized spacial score (nSPS) is 11.3. The molecule has 0 saturated carbocycles. The van der Waals surface area contributed by atoms with Gasteiger partial charge in [-0.05, 0) is 43.3 Å². The lowest BCUT2D eigenvalue weighted by molar-refractivity contribution is 0.0309. The third-order valence-corrected chi connectivity index (χ3v) is 3.70. The molecule has 23 heavy (non-hydrogen) atoms. The van der Waals surface area contributed by atoms with E-state index in [1.165, 1.54) is 11.8 Å². The van der Waals surface area contributed by atoms with E-state index in [1.807, 2.05) is 51.1 Å². The Morgan fingerprint density at radius 2 is 2.00 bits per heavy atom. The molecule has 1 aromatic carbocycles. The zero-order valence-electron chi connectivity index (χ0n) is 13.8. The van der Waals surface area contributed by atoms with Crippen LogP contribution in [0.25, 0.3) is 5.69 Å². The van der Waals surface area contributed by atoms with Crippen LogP contribution < -0.4 is 0 Å². The number of aromatic nitrogens is 4. The quantitative estimate of drug-likeness (QED) is 0.782. The Labute approximate surface area is 140 Å². The van der Waals surface area contributed by atoms with E-state index in [0.717, 1.165) is 5.69 Å². The maximum absolute atomic E-state index is 11.9. The Hall–Kier alpha value is -2.09. The maximum atomic E-state index is 11.9. The van der Waals surface area contributed by atoms with Crippen molar-refractivity contribution in [3.05, 3.63) is 30.3 Å². The average molecular weight is 335 g/mol. The summed E-state index contributed by atoms with van der Waals surface area (Å²) >= 11 is 1.49. The molecule has 0 fully saturated rings. The van der Waals surface area contributed by atoms with Crippen molar-refractivity contribution in [2.24, 2.45) is 0 Å². The summed E-state index contributed by atoms with van der Waals surface area (Å²) < 4.78 is 6.99. The molecule has 124 valence electrons. The Kier molecular flexibility index (Phi) is 5.59. The first-order valence-electron chi connectivity index (χ1n) is 7.27. The summed E-state index contributed by atoms with van der Waals surface area (Å²) in [5, 5.41) is 12.4. The Morgan fingerprint density at radius 3 is 2.65 bits per heavy atom. The summed E-state index contributed by atoms with van der Waals surface area (Å²) in [4.78, 5) is 13.4. The van der Waals surface area contributed by atoms with E-state index in [4.69, 9.17) is 4.74 Å². The lowest BCUT2D eigenvalue weighted by Crippen LogP contribution is -2.35. The molecule has 0 aliphatic heterocycles. The monoisotopic (exact) mass is 335 g/mol. The molecular formula is C15H21N5O2S. The molecule has 0 saturated heterocycles. The van der Waals surface area contributed by atoms with Gasteiger partial charge in [-0.15, -0.1) is 5.10 Å². The van der Waals surface area contributed by atoms with Gasteiger partial charge >= 0.3 is 6.09 Å². The summed E-state index contributed by atoms with van der Waals surface area (Å²) in [5.74, 6) is 0.670. The predicted octanol–water partition coefficient (Wildman–Crippen LogP) is 2.62. The highest BCUT2D eigenvalue weighted by atomic mass is 32.2. The van der Waals surface area contributed by atoms with Gasteiger partial charge in [-0.2, -0.15) is 4.68 Å². The molecule has 0 aliphatic rings. The smallest absolute Gasteiger partial charge is 0.410 e.